The number of para-hydroxylation sites is 1. The van der Waals surface area contributed by atoms with Crippen LogP contribution < -0.4 is 10.1 Å². The summed E-state index contributed by atoms with van der Waals surface area (Å²) in [6.45, 7) is 0. The van der Waals surface area contributed by atoms with Crippen molar-refractivity contribution in [3.8, 4) is 5.75 Å². The number of rotatable bonds is 7. The Balaban J connectivity index is 2.73. The van der Waals surface area contributed by atoms with Crippen LogP contribution in [0.25, 0.3) is 6.08 Å². The molecule has 3 N–H and O–H groups in total. The summed E-state index contributed by atoms with van der Waals surface area (Å²) in [5, 5.41) is 19.5. The maximum atomic E-state index is 11.6. The zero-order chi connectivity index (χ0) is 15.8. The number of hydrogen-bond acceptors (Lipinski definition) is 4. The molecule has 7 heteroatoms. The molecule has 21 heavy (non-hydrogen) atoms. The molecule has 0 saturated heterocycles. The Morgan fingerprint density at radius 1 is 1.29 bits per heavy atom. The molecule has 0 radical (unpaired) electrons. The number of hydrogen-bond donors (Lipinski definition) is 3. The van der Waals surface area contributed by atoms with Crippen molar-refractivity contribution in [1.29, 1.82) is 0 Å². The normalized spacial score (nSPS) is 11.9. The van der Waals surface area contributed by atoms with Crippen molar-refractivity contribution in [3.63, 3.8) is 0 Å². The molecule has 1 unspecified atom stereocenters. The number of methoxy groups -OCH3 is 1. The van der Waals surface area contributed by atoms with Crippen LogP contribution in [0.5, 0.6) is 5.75 Å². The molecule has 0 aliphatic heterocycles. The number of amides is 1. The molecule has 1 rings (SSSR count). The largest absolute Gasteiger partial charge is 0.496 e. The van der Waals surface area contributed by atoms with E-state index in [0.29, 0.717) is 11.3 Å². The lowest BCUT2D eigenvalue weighted by Gasteiger charge is -2.10. The van der Waals surface area contributed by atoms with Gasteiger partial charge in [0.25, 0.3) is 0 Å². The standard InChI is InChI=1S/C14H15NO6/c1-21-11-5-3-2-4-9(11)6-7-12(16)15-10(14(19)20)8-13(17)18/h2-7,10H,8H2,1H3,(H,15,16)(H,17,18)(H,19,20)/b7-6+. The van der Waals surface area contributed by atoms with E-state index in [0.717, 1.165) is 6.08 Å². The van der Waals surface area contributed by atoms with Gasteiger partial charge in [0.1, 0.15) is 11.8 Å². The van der Waals surface area contributed by atoms with Crippen molar-refractivity contribution >= 4 is 23.9 Å². The maximum Gasteiger partial charge on any atom is 0.326 e. The number of carbonyl (C=O) groups excluding carboxylic acids is 1. The highest BCUT2D eigenvalue weighted by Gasteiger charge is 2.21. The number of carboxylic acid groups (broad SMARTS) is 2. The van der Waals surface area contributed by atoms with Crippen LogP contribution in [0.1, 0.15) is 12.0 Å². The van der Waals surface area contributed by atoms with Gasteiger partial charge in [-0.05, 0) is 12.1 Å². The van der Waals surface area contributed by atoms with Crippen molar-refractivity contribution in [1.82, 2.24) is 5.32 Å². The first kappa shape index (κ1) is 16.2. The Hall–Kier alpha value is -2.83. The predicted octanol–water partition coefficient (Wildman–Crippen LogP) is 0.752. The molecule has 1 aromatic rings. The van der Waals surface area contributed by atoms with Crippen LogP contribution in [0.2, 0.25) is 0 Å². The van der Waals surface area contributed by atoms with Gasteiger partial charge in [-0.3, -0.25) is 9.59 Å². The number of nitrogens with one attached hydrogen (secondary N) is 1. The zero-order valence-electron chi connectivity index (χ0n) is 11.3. The summed E-state index contributed by atoms with van der Waals surface area (Å²) in [7, 11) is 1.49. The summed E-state index contributed by atoms with van der Waals surface area (Å²) >= 11 is 0. The van der Waals surface area contributed by atoms with Gasteiger partial charge in [-0.2, -0.15) is 0 Å². The Kier molecular flexibility index (Phi) is 5.94. The summed E-state index contributed by atoms with van der Waals surface area (Å²) < 4.78 is 5.09. The Morgan fingerprint density at radius 3 is 2.52 bits per heavy atom. The molecule has 0 bridgehead atoms. The molecule has 0 spiro atoms. The van der Waals surface area contributed by atoms with Crippen LogP contribution in [0.15, 0.2) is 30.3 Å². The van der Waals surface area contributed by atoms with Crippen LogP contribution in [0.4, 0.5) is 0 Å². The first-order valence-electron chi connectivity index (χ1n) is 6.00. The van der Waals surface area contributed by atoms with E-state index in [1.807, 2.05) is 0 Å². The molecular weight excluding hydrogens is 278 g/mol. The second kappa shape index (κ2) is 7.68. The van der Waals surface area contributed by atoms with E-state index in [1.54, 1.807) is 24.3 Å². The molecule has 0 fully saturated rings. The average Bonchev–Trinajstić information content (AvgIpc) is 2.44. The smallest absolute Gasteiger partial charge is 0.326 e. The fourth-order valence-electron chi connectivity index (χ4n) is 1.56. The maximum absolute atomic E-state index is 11.6. The lowest BCUT2D eigenvalue weighted by Crippen LogP contribution is -2.41. The fourth-order valence-corrected chi connectivity index (χ4v) is 1.56. The molecule has 0 saturated carbocycles. The molecule has 0 heterocycles. The molecular formula is C14H15NO6. The predicted molar refractivity (Wildman–Crippen MR) is 73.8 cm³/mol. The summed E-state index contributed by atoms with van der Waals surface area (Å²) in [5.74, 6) is -2.86. The number of carboxylic acids is 2. The van der Waals surface area contributed by atoms with Crippen molar-refractivity contribution < 1.29 is 29.3 Å². The van der Waals surface area contributed by atoms with Gasteiger partial charge >= 0.3 is 11.9 Å². The molecule has 7 nitrogen and oxygen atoms in total. The van der Waals surface area contributed by atoms with E-state index in [4.69, 9.17) is 14.9 Å². The third kappa shape index (κ3) is 5.35. The Labute approximate surface area is 120 Å². The minimum absolute atomic E-state index is 0.557. The first-order valence-corrected chi connectivity index (χ1v) is 6.00. The topological polar surface area (TPSA) is 113 Å². The third-order valence-electron chi connectivity index (χ3n) is 2.55. The second-order valence-electron chi connectivity index (χ2n) is 4.07. The minimum atomic E-state index is -1.47. The zero-order valence-corrected chi connectivity index (χ0v) is 11.3. The van der Waals surface area contributed by atoms with Crippen LogP contribution in [0, 0.1) is 0 Å². The van der Waals surface area contributed by atoms with Gasteiger partial charge in [-0.1, -0.05) is 18.2 Å². The summed E-state index contributed by atoms with van der Waals surface area (Å²) in [6, 6.07) is 5.47. The van der Waals surface area contributed by atoms with E-state index in [2.05, 4.69) is 5.32 Å². The van der Waals surface area contributed by atoms with Crippen LogP contribution >= 0.6 is 0 Å². The van der Waals surface area contributed by atoms with Gasteiger partial charge in [-0.25, -0.2) is 4.79 Å². The molecule has 1 atom stereocenters. The fraction of sp³-hybridized carbons (Fsp3) is 0.214. The summed E-state index contributed by atoms with van der Waals surface area (Å²) in [5.41, 5.74) is 0.639. The highest BCUT2D eigenvalue weighted by atomic mass is 16.5. The second-order valence-corrected chi connectivity index (χ2v) is 4.07. The van der Waals surface area contributed by atoms with Crippen LogP contribution in [0.3, 0.4) is 0 Å². The number of aliphatic carboxylic acids is 2. The number of carbonyl (C=O) groups is 3. The lowest BCUT2D eigenvalue weighted by atomic mass is 10.1. The van der Waals surface area contributed by atoms with E-state index < -0.39 is 30.3 Å². The first-order chi connectivity index (χ1) is 9.93. The molecule has 0 aliphatic carbocycles. The number of benzene rings is 1. The van der Waals surface area contributed by atoms with Crippen LogP contribution in [-0.4, -0.2) is 41.2 Å². The lowest BCUT2D eigenvalue weighted by molar-refractivity contribution is -0.146. The van der Waals surface area contributed by atoms with Crippen LogP contribution in [-0.2, 0) is 14.4 Å². The van der Waals surface area contributed by atoms with E-state index in [-0.39, 0.29) is 0 Å². The highest BCUT2D eigenvalue weighted by Crippen LogP contribution is 2.18. The van der Waals surface area contributed by atoms with E-state index >= 15 is 0 Å². The molecule has 1 amide bonds. The van der Waals surface area contributed by atoms with Gasteiger partial charge in [0.2, 0.25) is 5.91 Å². The van der Waals surface area contributed by atoms with E-state index in [1.165, 1.54) is 13.2 Å². The third-order valence-corrected chi connectivity index (χ3v) is 2.55. The van der Waals surface area contributed by atoms with Gasteiger partial charge < -0.3 is 20.3 Å². The number of ether oxygens (including phenoxy) is 1. The summed E-state index contributed by atoms with van der Waals surface area (Å²) in [6.07, 6.45) is 1.88. The van der Waals surface area contributed by atoms with Gasteiger partial charge in [0.15, 0.2) is 0 Å². The Morgan fingerprint density at radius 2 is 1.95 bits per heavy atom. The van der Waals surface area contributed by atoms with Crippen molar-refractivity contribution in [2.24, 2.45) is 0 Å². The monoisotopic (exact) mass is 293 g/mol. The Bertz CT molecular complexity index is 566. The quantitative estimate of drug-likeness (QED) is 0.639. The molecule has 0 aliphatic rings. The highest BCUT2D eigenvalue weighted by molar-refractivity contribution is 5.95. The van der Waals surface area contributed by atoms with Crippen molar-refractivity contribution in [3.05, 3.63) is 35.9 Å². The van der Waals surface area contributed by atoms with Gasteiger partial charge in [0, 0.05) is 11.6 Å². The molecule has 112 valence electrons. The van der Waals surface area contributed by atoms with Gasteiger partial charge in [-0.15, -0.1) is 0 Å². The summed E-state index contributed by atoms with van der Waals surface area (Å²) in [4.78, 5) is 32.9. The SMILES string of the molecule is COc1ccccc1/C=C/C(=O)NC(CC(=O)O)C(=O)O. The molecule has 0 aromatic heterocycles. The van der Waals surface area contributed by atoms with Gasteiger partial charge in [0.05, 0.1) is 13.5 Å². The molecule has 1 aromatic carbocycles. The van der Waals surface area contributed by atoms with Crippen molar-refractivity contribution in [2.45, 2.75) is 12.5 Å². The van der Waals surface area contributed by atoms with E-state index in [9.17, 15) is 14.4 Å². The van der Waals surface area contributed by atoms with Crippen molar-refractivity contribution in [2.75, 3.05) is 7.11 Å². The minimum Gasteiger partial charge on any atom is -0.496 e. The average molecular weight is 293 g/mol.